The standard InChI is InChI=1S/C21H35N3O2.HI/c1-21(2,3)19-18(11-8-13-26-19)15-24-20(22-4)23-12-14-25-16-17-9-6-5-7-10-17;/h5-7,9-10,18-19H,8,11-16H2,1-4H3,(H2,22,23,24);1H. The molecular weight excluding hydrogens is 453 g/mol. The van der Waals surface area contributed by atoms with Gasteiger partial charge in [0.25, 0.3) is 0 Å². The van der Waals surface area contributed by atoms with Crippen molar-refractivity contribution in [3.8, 4) is 0 Å². The number of rotatable bonds is 7. The van der Waals surface area contributed by atoms with E-state index in [9.17, 15) is 0 Å². The summed E-state index contributed by atoms with van der Waals surface area (Å²) in [6.07, 6.45) is 2.63. The van der Waals surface area contributed by atoms with Crippen LogP contribution in [0.2, 0.25) is 0 Å². The minimum absolute atomic E-state index is 0. The fraction of sp³-hybridized carbons (Fsp3) is 0.667. The van der Waals surface area contributed by atoms with Gasteiger partial charge in [-0.25, -0.2) is 0 Å². The first kappa shape index (κ1) is 24.2. The minimum atomic E-state index is 0. The van der Waals surface area contributed by atoms with Crippen molar-refractivity contribution in [2.24, 2.45) is 16.3 Å². The Hall–Kier alpha value is -0.860. The molecule has 0 spiro atoms. The van der Waals surface area contributed by atoms with Gasteiger partial charge in [-0.3, -0.25) is 4.99 Å². The summed E-state index contributed by atoms with van der Waals surface area (Å²) in [5.41, 5.74) is 1.36. The highest BCUT2D eigenvalue weighted by Crippen LogP contribution is 2.33. The van der Waals surface area contributed by atoms with Crippen molar-refractivity contribution in [2.75, 3.05) is 33.4 Å². The molecule has 1 aliphatic rings. The van der Waals surface area contributed by atoms with E-state index in [-0.39, 0.29) is 35.5 Å². The molecule has 0 bridgehead atoms. The normalized spacial score (nSPS) is 20.7. The van der Waals surface area contributed by atoms with Crippen molar-refractivity contribution in [3.05, 3.63) is 35.9 Å². The monoisotopic (exact) mass is 489 g/mol. The van der Waals surface area contributed by atoms with Gasteiger partial charge in [-0.1, -0.05) is 51.1 Å². The number of hydrogen-bond donors (Lipinski definition) is 2. The van der Waals surface area contributed by atoms with Gasteiger partial charge in [0.05, 0.1) is 19.3 Å². The average molecular weight is 489 g/mol. The molecule has 1 heterocycles. The number of nitrogens with zero attached hydrogens (tertiary/aromatic N) is 1. The maximum atomic E-state index is 6.06. The van der Waals surface area contributed by atoms with Crippen LogP contribution in [0.15, 0.2) is 35.3 Å². The van der Waals surface area contributed by atoms with E-state index in [0.717, 1.165) is 32.1 Å². The second kappa shape index (κ2) is 12.6. The predicted octanol–water partition coefficient (Wildman–Crippen LogP) is 3.83. The van der Waals surface area contributed by atoms with Gasteiger partial charge in [0.2, 0.25) is 0 Å². The summed E-state index contributed by atoms with van der Waals surface area (Å²) in [5, 5.41) is 6.78. The highest BCUT2D eigenvalue weighted by Gasteiger charge is 2.35. The first-order chi connectivity index (χ1) is 12.5. The first-order valence-electron chi connectivity index (χ1n) is 9.68. The van der Waals surface area contributed by atoms with Gasteiger partial charge in [-0.15, -0.1) is 24.0 Å². The lowest BCUT2D eigenvalue weighted by molar-refractivity contribution is -0.0835. The lowest BCUT2D eigenvalue weighted by Gasteiger charge is -2.40. The number of aliphatic imine (C=N–C) groups is 1. The highest BCUT2D eigenvalue weighted by molar-refractivity contribution is 14.0. The molecule has 0 saturated carbocycles. The number of guanidine groups is 1. The maximum Gasteiger partial charge on any atom is 0.191 e. The predicted molar refractivity (Wildman–Crippen MR) is 123 cm³/mol. The first-order valence-corrected chi connectivity index (χ1v) is 9.68. The van der Waals surface area contributed by atoms with Crippen LogP contribution in [0.25, 0.3) is 0 Å². The van der Waals surface area contributed by atoms with E-state index in [1.165, 1.54) is 12.0 Å². The fourth-order valence-electron chi connectivity index (χ4n) is 3.46. The van der Waals surface area contributed by atoms with Gasteiger partial charge in [0, 0.05) is 32.7 Å². The highest BCUT2D eigenvalue weighted by atomic mass is 127. The second-order valence-electron chi connectivity index (χ2n) is 7.98. The van der Waals surface area contributed by atoms with Crippen LogP contribution < -0.4 is 10.6 Å². The van der Waals surface area contributed by atoms with Crippen LogP contribution in [0.3, 0.4) is 0 Å². The van der Waals surface area contributed by atoms with Crippen molar-refractivity contribution in [1.82, 2.24) is 10.6 Å². The molecule has 6 heteroatoms. The van der Waals surface area contributed by atoms with Crippen molar-refractivity contribution in [3.63, 3.8) is 0 Å². The number of nitrogens with one attached hydrogen (secondary N) is 2. The van der Waals surface area contributed by atoms with Crippen LogP contribution in [-0.4, -0.2) is 45.4 Å². The van der Waals surface area contributed by atoms with Crippen LogP contribution in [0.1, 0.15) is 39.2 Å². The van der Waals surface area contributed by atoms with E-state index in [1.807, 2.05) is 18.2 Å². The Labute approximate surface area is 181 Å². The molecule has 2 atom stereocenters. The summed E-state index contributed by atoms with van der Waals surface area (Å²) in [5.74, 6) is 1.34. The summed E-state index contributed by atoms with van der Waals surface area (Å²) < 4.78 is 11.8. The van der Waals surface area contributed by atoms with E-state index in [1.54, 1.807) is 7.05 Å². The van der Waals surface area contributed by atoms with Crippen molar-refractivity contribution in [2.45, 2.75) is 46.3 Å². The molecule has 154 valence electrons. The zero-order chi connectivity index (χ0) is 18.8. The molecule has 1 aromatic rings. The molecule has 1 aliphatic heterocycles. The topological polar surface area (TPSA) is 54.9 Å². The molecule has 27 heavy (non-hydrogen) atoms. The Kier molecular flexibility index (Phi) is 11.3. The summed E-state index contributed by atoms with van der Waals surface area (Å²) in [6, 6.07) is 10.2. The Bertz CT molecular complexity index is 546. The van der Waals surface area contributed by atoms with Crippen LogP contribution in [0.4, 0.5) is 0 Å². The quantitative estimate of drug-likeness (QED) is 0.265. The molecule has 1 fully saturated rings. The van der Waals surface area contributed by atoms with Crippen LogP contribution in [0.5, 0.6) is 0 Å². The number of benzene rings is 1. The van der Waals surface area contributed by atoms with Crippen molar-refractivity contribution in [1.29, 1.82) is 0 Å². The van der Waals surface area contributed by atoms with E-state index < -0.39 is 0 Å². The van der Waals surface area contributed by atoms with E-state index in [0.29, 0.717) is 19.1 Å². The summed E-state index contributed by atoms with van der Waals surface area (Å²) in [7, 11) is 1.80. The van der Waals surface area contributed by atoms with Crippen LogP contribution in [0, 0.1) is 11.3 Å². The molecule has 1 aromatic carbocycles. The molecule has 0 aromatic heterocycles. The Morgan fingerprint density at radius 3 is 2.63 bits per heavy atom. The maximum absolute atomic E-state index is 6.06. The summed E-state index contributed by atoms with van der Waals surface area (Å²) >= 11 is 0. The molecule has 0 radical (unpaired) electrons. The lowest BCUT2D eigenvalue weighted by Crippen LogP contribution is -2.47. The number of halogens is 1. The van der Waals surface area contributed by atoms with Gasteiger partial charge in [0.15, 0.2) is 5.96 Å². The largest absolute Gasteiger partial charge is 0.377 e. The number of ether oxygens (including phenoxy) is 2. The molecule has 2 unspecified atom stereocenters. The summed E-state index contributed by atoms with van der Waals surface area (Å²) in [4.78, 5) is 4.31. The Morgan fingerprint density at radius 1 is 1.22 bits per heavy atom. The lowest BCUT2D eigenvalue weighted by atomic mass is 9.78. The molecule has 1 saturated heterocycles. The molecule has 5 nitrogen and oxygen atoms in total. The molecule has 2 rings (SSSR count). The Balaban J connectivity index is 0.00000364. The van der Waals surface area contributed by atoms with E-state index in [4.69, 9.17) is 9.47 Å². The molecule has 0 amide bonds. The smallest absolute Gasteiger partial charge is 0.191 e. The van der Waals surface area contributed by atoms with Gasteiger partial charge in [-0.2, -0.15) is 0 Å². The SMILES string of the molecule is CN=C(NCCOCc1ccccc1)NCC1CCCOC1C(C)(C)C.I. The number of hydrogen-bond acceptors (Lipinski definition) is 3. The minimum Gasteiger partial charge on any atom is -0.377 e. The third-order valence-corrected chi connectivity index (χ3v) is 4.70. The van der Waals surface area contributed by atoms with Crippen LogP contribution in [-0.2, 0) is 16.1 Å². The molecule has 2 N–H and O–H groups in total. The summed E-state index contributed by atoms with van der Waals surface area (Å²) in [6.45, 7) is 10.5. The zero-order valence-electron chi connectivity index (χ0n) is 17.2. The van der Waals surface area contributed by atoms with Gasteiger partial charge in [0.1, 0.15) is 0 Å². The average Bonchev–Trinajstić information content (AvgIpc) is 2.64. The van der Waals surface area contributed by atoms with Crippen molar-refractivity contribution < 1.29 is 9.47 Å². The van der Waals surface area contributed by atoms with Gasteiger partial charge >= 0.3 is 0 Å². The zero-order valence-corrected chi connectivity index (χ0v) is 19.5. The van der Waals surface area contributed by atoms with Crippen molar-refractivity contribution >= 4 is 29.9 Å². The van der Waals surface area contributed by atoms with Crippen LogP contribution >= 0.6 is 24.0 Å². The third kappa shape index (κ3) is 8.79. The fourth-order valence-corrected chi connectivity index (χ4v) is 3.46. The molecule has 0 aliphatic carbocycles. The van der Waals surface area contributed by atoms with E-state index in [2.05, 4.69) is 48.5 Å². The van der Waals surface area contributed by atoms with Gasteiger partial charge < -0.3 is 20.1 Å². The second-order valence-corrected chi connectivity index (χ2v) is 7.98. The third-order valence-electron chi connectivity index (χ3n) is 4.70. The molecular formula is C21H36IN3O2. The van der Waals surface area contributed by atoms with Gasteiger partial charge in [-0.05, 0) is 23.8 Å². The Morgan fingerprint density at radius 2 is 1.96 bits per heavy atom. The van der Waals surface area contributed by atoms with E-state index >= 15 is 0 Å².